The summed E-state index contributed by atoms with van der Waals surface area (Å²) >= 11 is 3.31. The van der Waals surface area contributed by atoms with E-state index in [1.165, 1.54) is 11.0 Å². The molecule has 1 fully saturated rings. The van der Waals surface area contributed by atoms with Crippen LogP contribution in [0.4, 0.5) is 0 Å². The van der Waals surface area contributed by atoms with Crippen molar-refractivity contribution in [2.45, 2.75) is 19.3 Å². The van der Waals surface area contributed by atoms with Gasteiger partial charge in [0.05, 0.1) is 0 Å². The minimum atomic E-state index is -0.233. The zero-order valence-corrected chi connectivity index (χ0v) is 11.4. The van der Waals surface area contributed by atoms with Crippen LogP contribution in [0.3, 0.4) is 0 Å². The molecule has 1 amide bonds. The standard InChI is InChI=1S/C12H15BrN2O2/c1-14-8-9(13)7-10(11(14)16)12(17)15-5-3-2-4-6-15/h7-8H,2-6H2,1H3. The molecule has 0 saturated carbocycles. The van der Waals surface area contributed by atoms with Crippen LogP contribution in [-0.4, -0.2) is 28.5 Å². The number of nitrogens with zero attached hydrogens (tertiary/aromatic N) is 2. The first-order valence-corrected chi connectivity index (χ1v) is 6.54. The molecule has 0 aromatic carbocycles. The molecule has 0 radical (unpaired) electrons. The Hall–Kier alpha value is -1.10. The number of aromatic nitrogens is 1. The number of rotatable bonds is 1. The quantitative estimate of drug-likeness (QED) is 0.793. The van der Waals surface area contributed by atoms with Gasteiger partial charge in [0.1, 0.15) is 5.56 Å². The second kappa shape index (κ2) is 5.04. The molecule has 1 aliphatic heterocycles. The lowest BCUT2D eigenvalue weighted by Crippen LogP contribution is -2.39. The fraction of sp³-hybridized carbons (Fsp3) is 0.500. The van der Waals surface area contributed by atoms with Crippen molar-refractivity contribution >= 4 is 21.8 Å². The number of carbonyl (C=O) groups excluding carboxylic acids is 1. The lowest BCUT2D eigenvalue weighted by Gasteiger charge is -2.26. The highest BCUT2D eigenvalue weighted by Crippen LogP contribution is 2.14. The largest absolute Gasteiger partial charge is 0.338 e. The third kappa shape index (κ3) is 2.60. The predicted octanol–water partition coefficient (Wildman–Crippen LogP) is 1.77. The van der Waals surface area contributed by atoms with Crippen molar-refractivity contribution in [3.8, 4) is 0 Å². The molecule has 0 N–H and O–H groups in total. The summed E-state index contributed by atoms with van der Waals surface area (Å²) in [5, 5.41) is 0. The Bertz CT molecular complexity index is 490. The van der Waals surface area contributed by atoms with E-state index in [9.17, 15) is 9.59 Å². The summed E-state index contributed by atoms with van der Waals surface area (Å²) in [6.45, 7) is 1.52. The van der Waals surface area contributed by atoms with E-state index in [0.29, 0.717) is 0 Å². The highest BCUT2D eigenvalue weighted by Gasteiger charge is 2.21. The van der Waals surface area contributed by atoms with E-state index in [0.717, 1.165) is 30.4 Å². The van der Waals surface area contributed by atoms with Crippen LogP contribution < -0.4 is 5.56 Å². The van der Waals surface area contributed by atoms with Gasteiger partial charge in [-0.25, -0.2) is 0 Å². The molecular weight excluding hydrogens is 284 g/mol. The molecule has 5 heteroatoms. The fourth-order valence-corrected chi connectivity index (χ4v) is 2.63. The van der Waals surface area contributed by atoms with Gasteiger partial charge in [0.15, 0.2) is 0 Å². The van der Waals surface area contributed by atoms with E-state index < -0.39 is 0 Å². The smallest absolute Gasteiger partial charge is 0.263 e. The van der Waals surface area contributed by atoms with Crippen LogP contribution in [-0.2, 0) is 7.05 Å². The lowest BCUT2D eigenvalue weighted by atomic mass is 10.1. The second-order valence-corrected chi connectivity index (χ2v) is 5.26. The van der Waals surface area contributed by atoms with Gasteiger partial charge in [-0.05, 0) is 41.3 Å². The van der Waals surface area contributed by atoms with Crippen molar-refractivity contribution < 1.29 is 4.79 Å². The van der Waals surface area contributed by atoms with Crippen LogP contribution >= 0.6 is 15.9 Å². The summed E-state index contributed by atoms with van der Waals surface area (Å²) in [6, 6.07) is 1.61. The Balaban J connectivity index is 2.33. The molecule has 1 saturated heterocycles. The summed E-state index contributed by atoms with van der Waals surface area (Å²) < 4.78 is 2.18. The average molecular weight is 299 g/mol. The number of carbonyl (C=O) groups is 1. The van der Waals surface area contributed by atoms with E-state index >= 15 is 0 Å². The van der Waals surface area contributed by atoms with Gasteiger partial charge >= 0.3 is 0 Å². The first kappa shape index (κ1) is 12.4. The monoisotopic (exact) mass is 298 g/mol. The van der Waals surface area contributed by atoms with Gasteiger partial charge in [-0.1, -0.05) is 0 Å². The van der Waals surface area contributed by atoms with Gasteiger partial charge in [-0.3, -0.25) is 9.59 Å². The summed E-state index contributed by atoms with van der Waals surface area (Å²) in [6.07, 6.45) is 4.88. The Kier molecular flexibility index (Phi) is 3.66. The van der Waals surface area contributed by atoms with Gasteiger partial charge in [0.25, 0.3) is 11.5 Å². The first-order valence-electron chi connectivity index (χ1n) is 5.75. The number of pyridine rings is 1. The normalized spacial score (nSPS) is 16.0. The number of hydrogen-bond acceptors (Lipinski definition) is 2. The molecule has 1 aromatic rings. The molecule has 0 unspecified atom stereocenters. The first-order chi connectivity index (χ1) is 8.09. The third-order valence-electron chi connectivity index (χ3n) is 3.02. The number of piperidine rings is 1. The van der Waals surface area contributed by atoms with Crippen LogP contribution in [0, 0.1) is 0 Å². The van der Waals surface area contributed by atoms with E-state index in [-0.39, 0.29) is 17.0 Å². The highest BCUT2D eigenvalue weighted by atomic mass is 79.9. The number of likely N-dealkylation sites (tertiary alicyclic amines) is 1. The van der Waals surface area contributed by atoms with Gasteiger partial charge in [-0.2, -0.15) is 0 Å². The van der Waals surface area contributed by atoms with Crippen molar-refractivity contribution in [3.63, 3.8) is 0 Å². The number of hydrogen-bond donors (Lipinski definition) is 0. The molecule has 2 heterocycles. The summed E-state index contributed by atoms with van der Waals surface area (Å²) in [5.74, 6) is -0.147. The zero-order chi connectivity index (χ0) is 12.4. The zero-order valence-electron chi connectivity index (χ0n) is 9.78. The van der Waals surface area contributed by atoms with Crippen LogP contribution in [0.5, 0.6) is 0 Å². The lowest BCUT2D eigenvalue weighted by molar-refractivity contribution is 0.0722. The van der Waals surface area contributed by atoms with Crippen molar-refractivity contribution in [2.75, 3.05) is 13.1 Å². The number of amides is 1. The molecule has 2 rings (SSSR count). The topological polar surface area (TPSA) is 42.3 Å². The molecule has 0 bridgehead atoms. The van der Waals surface area contributed by atoms with Crippen molar-refractivity contribution in [1.29, 1.82) is 0 Å². The van der Waals surface area contributed by atoms with Crippen LogP contribution in [0.2, 0.25) is 0 Å². The van der Waals surface area contributed by atoms with Crippen molar-refractivity contribution in [1.82, 2.24) is 9.47 Å². The van der Waals surface area contributed by atoms with E-state index in [1.54, 1.807) is 24.2 Å². The molecule has 1 aliphatic rings. The Morgan fingerprint density at radius 2 is 1.94 bits per heavy atom. The average Bonchev–Trinajstić information content (AvgIpc) is 2.34. The second-order valence-electron chi connectivity index (χ2n) is 4.34. The number of aryl methyl sites for hydroxylation is 1. The van der Waals surface area contributed by atoms with E-state index in [1.807, 2.05) is 0 Å². The molecule has 0 aliphatic carbocycles. The molecular formula is C12H15BrN2O2. The van der Waals surface area contributed by atoms with Crippen molar-refractivity contribution in [2.24, 2.45) is 7.05 Å². The summed E-state index contributed by atoms with van der Waals surface area (Å²) in [7, 11) is 1.65. The van der Waals surface area contributed by atoms with Gasteiger partial charge in [-0.15, -0.1) is 0 Å². The fourth-order valence-electron chi connectivity index (χ4n) is 2.09. The van der Waals surface area contributed by atoms with Crippen LogP contribution in [0.15, 0.2) is 21.5 Å². The molecule has 0 atom stereocenters. The Morgan fingerprint density at radius 3 is 2.59 bits per heavy atom. The van der Waals surface area contributed by atoms with E-state index in [2.05, 4.69) is 15.9 Å². The number of halogens is 1. The Labute approximate surface area is 108 Å². The minimum Gasteiger partial charge on any atom is -0.338 e. The van der Waals surface area contributed by atoms with Crippen LogP contribution in [0.25, 0.3) is 0 Å². The molecule has 4 nitrogen and oxygen atoms in total. The highest BCUT2D eigenvalue weighted by molar-refractivity contribution is 9.10. The predicted molar refractivity (Wildman–Crippen MR) is 69.1 cm³/mol. The SMILES string of the molecule is Cn1cc(Br)cc(C(=O)N2CCCCC2)c1=O. The molecule has 1 aromatic heterocycles. The van der Waals surface area contributed by atoms with Crippen molar-refractivity contribution in [3.05, 3.63) is 32.7 Å². The van der Waals surface area contributed by atoms with Crippen LogP contribution in [0.1, 0.15) is 29.6 Å². The summed E-state index contributed by atoms with van der Waals surface area (Å²) in [5.41, 5.74) is 0.0209. The summed E-state index contributed by atoms with van der Waals surface area (Å²) in [4.78, 5) is 25.9. The molecule has 17 heavy (non-hydrogen) atoms. The molecule has 92 valence electrons. The molecule has 0 spiro atoms. The maximum Gasteiger partial charge on any atom is 0.263 e. The third-order valence-corrected chi connectivity index (χ3v) is 3.46. The maximum absolute atomic E-state index is 12.2. The Morgan fingerprint density at radius 1 is 1.29 bits per heavy atom. The maximum atomic E-state index is 12.2. The van der Waals surface area contributed by atoms with Gasteiger partial charge < -0.3 is 9.47 Å². The van der Waals surface area contributed by atoms with E-state index in [4.69, 9.17) is 0 Å². The van der Waals surface area contributed by atoms with Gasteiger partial charge in [0.2, 0.25) is 0 Å². The van der Waals surface area contributed by atoms with Gasteiger partial charge in [0, 0.05) is 30.8 Å². The minimum absolute atomic E-state index is 0.147.